The topological polar surface area (TPSA) is 54.6 Å². The number of H-pyrrole nitrogens is 1. The Kier molecular flexibility index (Phi) is 4.01. The zero-order valence-electron chi connectivity index (χ0n) is 12.8. The summed E-state index contributed by atoms with van der Waals surface area (Å²) in [5, 5.41) is 1.63. The molecule has 2 saturated heterocycles. The third-order valence-corrected chi connectivity index (χ3v) is 4.83. The number of aromatic amines is 1. The van der Waals surface area contributed by atoms with Crippen molar-refractivity contribution in [2.24, 2.45) is 5.92 Å². The molecular formula is C17H19ClN2O3. The van der Waals surface area contributed by atoms with E-state index >= 15 is 0 Å². The number of piperidine rings is 1. The predicted molar refractivity (Wildman–Crippen MR) is 87.6 cm³/mol. The highest BCUT2D eigenvalue weighted by Gasteiger charge is 2.33. The van der Waals surface area contributed by atoms with Crippen LogP contribution in [0.2, 0.25) is 5.02 Å². The number of nitrogens with one attached hydrogen (secondary N) is 1. The number of hydrogen-bond donors (Lipinski definition) is 1. The second kappa shape index (κ2) is 6.15. The molecule has 1 aromatic carbocycles. The van der Waals surface area contributed by atoms with Gasteiger partial charge < -0.3 is 19.4 Å². The molecule has 0 aliphatic carbocycles. The number of benzene rings is 1. The molecule has 1 unspecified atom stereocenters. The van der Waals surface area contributed by atoms with E-state index in [4.69, 9.17) is 21.1 Å². The van der Waals surface area contributed by atoms with Gasteiger partial charge in [0.05, 0.1) is 13.2 Å². The lowest BCUT2D eigenvalue weighted by Gasteiger charge is -2.34. The van der Waals surface area contributed by atoms with Crippen molar-refractivity contribution in [2.75, 3.05) is 26.3 Å². The highest BCUT2D eigenvalue weighted by molar-refractivity contribution is 6.31. The number of halogens is 1. The van der Waals surface area contributed by atoms with Gasteiger partial charge in [-0.15, -0.1) is 0 Å². The van der Waals surface area contributed by atoms with Gasteiger partial charge in [-0.25, -0.2) is 0 Å². The number of rotatable bonds is 2. The summed E-state index contributed by atoms with van der Waals surface area (Å²) in [6, 6.07) is 7.45. The first-order chi connectivity index (χ1) is 11.2. The van der Waals surface area contributed by atoms with Gasteiger partial charge in [-0.2, -0.15) is 0 Å². The number of amides is 1. The van der Waals surface area contributed by atoms with Crippen molar-refractivity contribution in [1.82, 2.24) is 9.88 Å². The van der Waals surface area contributed by atoms with Crippen molar-refractivity contribution < 1.29 is 14.3 Å². The molecule has 2 aliphatic heterocycles. The molecule has 1 aromatic heterocycles. The highest BCUT2D eigenvalue weighted by Crippen LogP contribution is 2.27. The molecule has 4 rings (SSSR count). The first kappa shape index (κ1) is 15.0. The maximum absolute atomic E-state index is 12.8. The summed E-state index contributed by atoms with van der Waals surface area (Å²) in [6.07, 6.45) is 1.86. The molecule has 1 atom stereocenters. The van der Waals surface area contributed by atoms with Gasteiger partial charge in [-0.3, -0.25) is 4.79 Å². The fourth-order valence-corrected chi connectivity index (χ4v) is 3.64. The lowest BCUT2D eigenvalue weighted by Crippen LogP contribution is -2.43. The summed E-state index contributed by atoms with van der Waals surface area (Å²) in [6.45, 7) is 2.76. The number of nitrogens with zero attached hydrogens (tertiary/aromatic N) is 1. The van der Waals surface area contributed by atoms with E-state index in [0.717, 1.165) is 30.3 Å². The average molecular weight is 335 g/mol. The molecule has 0 bridgehead atoms. The van der Waals surface area contributed by atoms with Crippen LogP contribution in [-0.2, 0) is 9.47 Å². The third kappa shape index (κ3) is 2.96. The van der Waals surface area contributed by atoms with Crippen LogP contribution in [-0.4, -0.2) is 48.4 Å². The summed E-state index contributed by atoms with van der Waals surface area (Å²) in [5.74, 6) is 0.286. The molecule has 122 valence electrons. The number of fused-ring (bicyclic) bond motifs is 1. The number of hydrogen-bond acceptors (Lipinski definition) is 3. The molecule has 0 radical (unpaired) electrons. The number of likely N-dealkylation sites (tertiary alicyclic amines) is 1. The van der Waals surface area contributed by atoms with Gasteiger partial charge in [0, 0.05) is 34.9 Å². The first-order valence-electron chi connectivity index (χ1n) is 8.01. The largest absolute Gasteiger partial charge is 0.351 e. The normalized spacial score (nSPS) is 22.8. The average Bonchev–Trinajstić information content (AvgIpc) is 3.23. The van der Waals surface area contributed by atoms with Crippen LogP contribution in [0.25, 0.3) is 10.9 Å². The van der Waals surface area contributed by atoms with E-state index < -0.39 is 0 Å². The Bertz CT molecular complexity index is 724. The quantitative estimate of drug-likeness (QED) is 0.918. The minimum atomic E-state index is -0.160. The first-order valence-corrected chi connectivity index (χ1v) is 8.39. The summed E-state index contributed by atoms with van der Waals surface area (Å²) in [4.78, 5) is 17.9. The Hall–Kier alpha value is -1.56. The van der Waals surface area contributed by atoms with Crippen LogP contribution in [0.1, 0.15) is 23.3 Å². The van der Waals surface area contributed by atoms with Gasteiger partial charge in [0.1, 0.15) is 5.69 Å². The molecule has 0 spiro atoms. The van der Waals surface area contributed by atoms with Crippen molar-refractivity contribution in [3.8, 4) is 0 Å². The number of carbonyl (C=O) groups excluding carboxylic acids is 1. The standard InChI is InChI=1S/C17H19ClN2O3/c18-13-3-4-14-12(8-13)9-15(19-14)16(21)20-5-1-2-11(10-20)17-22-6-7-23-17/h3-4,8-9,11,17,19H,1-2,5-7,10H2. The second-order valence-electron chi connectivity index (χ2n) is 6.18. The van der Waals surface area contributed by atoms with Crippen LogP contribution in [0.3, 0.4) is 0 Å². The molecule has 1 N–H and O–H groups in total. The molecular weight excluding hydrogens is 316 g/mol. The maximum atomic E-state index is 12.8. The van der Waals surface area contributed by atoms with Crippen molar-refractivity contribution in [3.63, 3.8) is 0 Å². The van der Waals surface area contributed by atoms with Crippen LogP contribution in [0.15, 0.2) is 24.3 Å². The molecule has 3 heterocycles. The van der Waals surface area contributed by atoms with Crippen LogP contribution < -0.4 is 0 Å². The molecule has 5 nitrogen and oxygen atoms in total. The number of ether oxygens (including phenoxy) is 2. The Morgan fingerprint density at radius 3 is 2.91 bits per heavy atom. The SMILES string of the molecule is O=C(c1cc2cc(Cl)ccc2[nH]1)N1CCCC(C2OCCO2)C1. The summed E-state index contributed by atoms with van der Waals surface area (Å²) < 4.78 is 11.2. The maximum Gasteiger partial charge on any atom is 0.270 e. The van der Waals surface area contributed by atoms with Crippen LogP contribution in [0, 0.1) is 5.92 Å². The van der Waals surface area contributed by atoms with Crippen LogP contribution in [0.4, 0.5) is 0 Å². The summed E-state index contributed by atoms with van der Waals surface area (Å²) in [7, 11) is 0. The van der Waals surface area contributed by atoms with Crippen molar-refractivity contribution >= 4 is 28.4 Å². The van der Waals surface area contributed by atoms with Gasteiger partial charge in [0.15, 0.2) is 6.29 Å². The van der Waals surface area contributed by atoms with Crippen molar-refractivity contribution in [1.29, 1.82) is 0 Å². The molecule has 2 aromatic rings. The zero-order chi connectivity index (χ0) is 15.8. The molecule has 2 aliphatic rings. The fourth-order valence-electron chi connectivity index (χ4n) is 3.45. The summed E-state index contributed by atoms with van der Waals surface area (Å²) >= 11 is 6.01. The minimum absolute atomic E-state index is 0.0278. The van der Waals surface area contributed by atoms with Crippen LogP contribution in [0.5, 0.6) is 0 Å². The Morgan fingerprint density at radius 1 is 1.26 bits per heavy atom. The van der Waals surface area contributed by atoms with Gasteiger partial charge >= 0.3 is 0 Å². The van der Waals surface area contributed by atoms with Gasteiger partial charge in [0.25, 0.3) is 5.91 Å². The van der Waals surface area contributed by atoms with Crippen molar-refractivity contribution in [3.05, 3.63) is 35.0 Å². The van der Waals surface area contributed by atoms with Gasteiger partial charge in [0.2, 0.25) is 0 Å². The Labute approximate surface area is 139 Å². The number of aromatic nitrogens is 1. The molecule has 2 fully saturated rings. The highest BCUT2D eigenvalue weighted by atomic mass is 35.5. The van der Waals surface area contributed by atoms with Gasteiger partial charge in [-0.1, -0.05) is 11.6 Å². The van der Waals surface area contributed by atoms with Crippen molar-refractivity contribution in [2.45, 2.75) is 19.1 Å². The van der Waals surface area contributed by atoms with E-state index in [1.54, 1.807) is 0 Å². The lowest BCUT2D eigenvalue weighted by atomic mass is 9.97. The second-order valence-corrected chi connectivity index (χ2v) is 6.61. The molecule has 1 amide bonds. The number of carbonyl (C=O) groups is 1. The lowest BCUT2D eigenvalue weighted by molar-refractivity contribution is -0.0969. The molecule has 23 heavy (non-hydrogen) atoms. The monoisotopic (exact) mass is 334 g/mol. The smallest absolute Gasteiger partial charge is 0.270 e. The van der Waals surface area contributed by atoms with E-state index in [1.807, 2.05) is 29.2 Å². The van der Waals surface area contributed by atoms with E-state index in [0.29, 0.717) is 30.5 Å². The van der Waals surface area contributed by atoms with E-state index in [-0.39, 0.29) is 18.1 Å². The van der Waals surface area contributed by atoms with E-state index in [1.165, 1.54) is 0 Å². The Morgan fingerprint density at radius 2 is 2.09 bits per heavy atom. The van der Waals surface area contributed by atoms with Crippen LogP contribution >= 0.6 is 11.6 Å². The molecule has 6 heteroatoms. The zero-order valence-corrected chi connectivity index (χ0v) is 13.5. The van der Waals surface area contributed by atoms with E-state index in [2.05, 4.69) is 4.98 Å². The fraction of sp³-hybridized carbons (Fsp3) is 0.471. The predicted octanol–water partition coefficient (Wildman–Crippen LogP) is 3.05. The minimum Gasteiger partial charge on any atom is -0.351 e. The summed E-state index contributed by atoms with van der Waals surface area (Å²) in [5.41, 5.74) is 1.53. The molecule has 0 saturated carbocycles. The van der Waals surface area contributed by atoms with E-state index in [9.17, 15) is 4.79 Å². The Balaban J connectivity index is 1.52. The van der Waals surface area contributed by atoms with Gasteiger partial charge in [-0.05, 0) is 37.1 Å². The third-order valence-electron chi connectivity index (χ3n) is 4.59.